The van der Waals surface area contributed by atoms with E-state index in [1.165, 1.54) is 0 Å². The van der Waals surface area contributed by atoms with Crippen molar-refractivity contribution in [3.8, 4) is 5.75 Å². The Balaban J connectivity index is 1.62. The van der Waals surface area contributed by atoms with Crippen LogP contribution in [0.5, 0.6) is 5.75 Å². The van der Waals surface area contributed by atoms with E-state index >= 15 is 0 Å². The quantitative estimate of drug-likeness (QED) is 0.912. The van der Waals surface area contributed by atoms with E-state index in [1.807, 2.05) is 55.5 Å². The minimum Gasteiger partial charge on any atom is -0.497 e. The standard InChI is InChI=1S/C20H22N2O3/c1-14-6-3-4-9-18(14)22-13-16(11-19(22)23)20(24)21-12-15-7-5-8-17(10-15)25-2/h3-10,16H,11-13H2,1-2H3,(H,21,24)/t16-/m0/s1. The molecule has 2 amide bonds. The topological polar surface area (TPSA) is 58.6 Å². The Kier molecular flexibility index (Phi) is 5.03. The number of ether oxygens (including phenoxy) is 1. The third-order valence-corrected chi connectivity index (χ3v) is 4.50. The number of anilines is 1. The summed E-state index contributed by atoms with van der Waals surface area (Å²) in [6.07, 6.45) is 0.248. The number of para-hydroxylation sites is 1. The van der Waals surface area contributed by atoms with Crippen molar-refractivity contribution in [3.63, 3.8) is 0 Å². The predicted molar refractivity (Wildman–Crippen MR) is 96.5 cm³/mol. The minimum absolute atomic E-state index is 0.00386. The summed E-state index contributed by atoms with van der Waals surface area (Å²) in [4.78, 5) is 26.5. The van der Waals surface area contributed by atoms with Gasteiger partial charge in [-0.25, -0.2) is 0 Å². The summed E-state index contributed by atoms with van der Waals surface area (Å²) in [5.74, 6) is 0.342. The Bertz CT molecular complexity index is 788. The van der Waals surface area contributed by atoms with Crippen molar-refractivity contribution in [1.82, 2.24) is 5.32 Å². The fourth-order valence-corrected chi connectivity index (χ4v) is 3.10. The molecule has 5 nitrogen and oxygen atoms in total. The number of hydrogen-bond acceptors (Lipinski definition) is 3. The summed E-state index contributed by atoms with van der Waals surface area (Å²) in [5.41, 5.74) is 2.89. The van der Waals surface area contributed by atoms with E-state index in [0.717, 1.165) is 22.6 Å². The van der Waals surface area contributed by atoms with Gasteiger partial charge < -0.3 is 15.0 Å². The zero-order chi connectivity index (χ0) is 17.8. The lowest BCUT2D eigenvalue weighted by Gasteiger charge is -2.19. The Morgan fingerprint density at radius 2 is 2.04 bits per heavy atom. The summed E-state index contributed by atoms with van der Waals surface area (Å²) in [5, 5.41) is 2.93. The molecule has 2 aromatic rings. The second-order valence-corrected chi connectivity index (χ2v) is 6.26. The van der Waals surface area contributed by atoms with Gasteiger partial charge in [-0.2, -0.15) is 0 Å². The van der Waals surface area contributed by atoms with Crippen LogP contribution in [0.3, 0.4) is 0 Å². The number of nitrogens with one attached hydrogen (secondary N) is 1. The molecule has 1 aliphatic heterocycles. The smallest absolute Gasteiger partial charge is 0.227 e. The van der Waals surface area contributed by atoms with Gasteiger partial charge in [-0.15, -0.1) is 0 Å². The van der Waals surface area contributed by atoms with Crippen molar-refractivity contribution in [2.75, 3.05) is 18.6 Å². The number of amides is 2. The number of carbonyl (C=O) groups excluding carboxylic acids is 2. The van der Waals surface area contributed by atoms with Crippen LogP contribution in [0.15, 0.2) is 48.5 Å². The highest BCUT2D eigenvalue weighted by Crippen LogP contribution is 2.27. The molecule has 1 heterocycles. The third-order valence-electron chi connectivity index (χ3n) is 4.50. The third kappa shape index (κ3) is 3.82. The Morgan fingerprint density at radius 3 is 2.80 bits per heavy atom. The van der Waals surface area contributed by atoms with Crippen molar-refractivity contribution in [2.45, 2.75) is 19.9 Å². The van der Waals surface area contributed by atoms with E-state index in [9.17, 15) is 9.59 Å². The molecule has 1 aliphatic rings. The first-order valence-corrected chi connectivity index (χ1v) is 8.35. The van der Waals surface area contributed by atoms with Crippen molar-refractivity contribution in [2.24, 2.45) is 5.92 Å². The first kappa shape index (κ1) is 17.0. The van der Waals surface area contributed by atoms with E-state index < -0.39 is 0 Å². The maximum atomic E-state index is 12.5. The van der Waals surface area contributed by atoms with E-state index in [0.29, 0.717) is 13.1 Å². The van der Waals surface area contributed by atoms with Crippen molar-refractivity contribution >= 4 is 17.5 Å². The zero-order valence-corrected chi connectivity index (χ0v) is 14.5. The predicted octanol–water partition coefficient (Wildman–Crippen LogP) is 2.67. The maximum absolute atomic E-state index is 12.5. The molecule has 1 N–H and O–H groups in total. The number of benzene rings is 2. The first-order valence-electron chi connectivity index (χ1n) is 8.35. The molecular formula is C20H22N2O3. The molecule has 0 unspecified atom stereocenters. The van der Waals surface area contributed by atoms with Crippen LogP contribution in [0.4, 0.5) is 5.69 Å². The highest BCUT2D eigenvalue weighted by molar-refractivity contribution is 6.00. The van der Waals surface area contributed by atoms with Crippen molar-refractivity contribution < 1.29 is 14.3 Å². The second-order valence-electron chi connectivity index (χ2n) is 6.26. The van der Waals surface area contributed by atoms with Crippen LogP contribution in [0.25, 0.3) is 0 Å². The van der Waals surface area contributed by atoms with Crippen LogP contribution in [-0.4, -0.2) is 25.5 Å². The van der Waals surface area contributed by atoms with Gasteiger partial charge in [-0.3, -0.25) is 9.59 Å². The second kappa shape index (κ2) is 7.38. The summed E-state index contributed by atoms with van der Waals surface area (Å²) in [7, 11) is 1.61. The SMILES string of the molecule is COc1cccc(CNC(=O)[C@H]2CC(=O)N(c3ccccc3C)C2)c1. The molecule has 0 spiro atoms. The summed E-state index contributed by atoms with van der Waals surface area (Å²) in [6, 6.07) is 15.3. The van der Waals surface area contributed by atoms with Crippen molar-refractivity contribution in [1.29, 1.82) is 0 Å². The molecule has 3 rings (SSSR count). The first-order chi connectivity index (χ1) is 12.1. The Hall–Kier alpha value is -2.82. The van der Waals surface area contributed by atoms with Gasteiger partial charge in [0.05, 0.1) is 13.0 Å². The highest BCUT2D eigenvalue weighted by Gasteiger charge is 2.35. The monoisotopic (exact) mass is 338 g/mol. The van der Waals surface area contributed by atoms with Gasteiger partial charge in [-0.05, 0) is 36.2 Å². The maximum Gasteiger partial charge on any atom is 0.227 e. The highest BCUT2D eigenvalue weighted by atomic mass is 16.5. The molecule has 0 aromatic heterocycles. The molecule has 25 heavy (non-hydrogen) atoms. The Morgan fingerprint density at radius 1 is 1.24 bits per heavy atom. The summed E-state index contributed by atoms with van der Waals surface area (Å²) < 4.78 is 5.19. The molecule has 5 heteroatoms. The molecule has 1 saturated heterocycles. The van der Waals surface area contributed by atoms with Gasteiger partial charge in [-0.1, -0.05) is 30.3 Å². The van der Waals surface area contributed by atoms with Crippen LogP contribution in [0, 0.1) is 12.8 Å². The van der Waals surface area contributed by atoms with Crippen LogP contribution in [0.2, 0.25) is 0 Å². The van der Waals surface area contributed by atoms with Gasteiger partial charge in [0.25, 0.3) is 0 Å². The lowest BCUT2D eigenvalue weighted by molar-refractivity contribution is -0.126. The molecule has 0 aliphatic carbocycles. The number of nitrogens with zero attached hydrogens (tertiary/aromatic N) is 1. The fourth-order valence-electron chi connectivity index (χ4n) is 3.10. The summed E-state index contributed by atoms with van der Waals surface area (Å²) in [6.45, 7) is 2.82. The van der Waals surface area contributed by atoms with Gasteiger partial charge >= 0.3 is 0 Å². The molecule has 2 aromatic carbocycles. The van der Waals surface area contributed by atoms with Crippen molar-refractivity contribution in [3.05, 3.63) is 59.7 Å². The molecule has 0 saturated carbocycles. The summed E-state index contributed by atoms with van der Waals surface area (Å²) >= 11 is 0. The number of carbonyl (C=O) groups is 2. The fraction of sp³-hybridized carbons (Fsp3) is 0.300. The van der Waals surface area contributed by atoms with Gasteiger partial charge in [0.2, 0.25) is 11.8 Å². The Labute approximate surface area is 147 Å². The molecule has 0 radical (unpaired) electrons. The van der Waals surface area contributed by atoms with Gasteiger partial charge in [0.1, 0.15) is 5.75 Å². The van der Waals surface area contributed by atoms with Crippen LogP contribution in [0.1, 0.15) is 17.5 Å². The number of hydrogen-bond donors (Lipinski definition) is 1. The van der Waals surface area contributed by atoms with E-state index in [2.05, 4.69) is 5.32 Å². The lowest BCUT2D eigenvalue weighted by atomic mass is 10.1. The van der Waals surface area contributed by atoms with E-state index in [-0.39, 0.29) is 24.2 Å². The largest absolute Gasteiger partial charge is 0.497 e. The normalized spacial score (nSPS) is 16.8. The van der Waals surface area contributed by atoms with E-state index in [4.69, 9.17) is 4.74 Å². The molecular weight excluding hydrogens is 316 g/mol. The molecule has 0 bridgehead atoms. The number of rotatable bonds is 5. The molecule has 130 valence electrons. The number of aryl methyl sites for hydroxylation is 1. The van der Waals surface area contributed by atoms with Gasteiger partial charge in [0.15, 0.2) is 0 Å². The minimum atomic E-state index is -0.322. The van der Waals surface area contributed by atoms with Gasteiger partial charge in [0, 0.05) is 25.2 Å². The molecule has 1 atom stereocenters. The molecule has 1 fully saturated rings. The van der Waals surface area contributed by atoms with Crippen LogP contribution in [-0.2, 0) is 16.1 Å². The average molecular weight is 338 g/mol. The average Bonchev–Trinajstić information content (AvgIpc) is 3.02. The number of methoxy groups -OCH3 is 1. The van der Waals surface area contributed by atoms with Crippen LogP contribution < -0.4 is 15.0 Å². The lowest BCUT2D eigenvalue weighted by Crippen LogP contribution is -2.32. The van der Waals surface area contributed by atoms with E-state index in [1.54, 1.807) is 12.0 Å². The van der Waals surface area contributed by atoms with Crippen LogP contribution >= 0.6 is 0 Å². The zero-order valence-electron chi connectivity index (χ0n) is 14.5.